The summed E-state index contributed by atoms with van der Waals surface area (Å²) < 4.78 is 0.386. The molecule has 0 saturated carbocycles. The maximum Gasteiger partial charge on any atom is 0.191 e. The fourth-order valence-corrected chi connectivity index (χ4v) is 4.84. The summed E-state index contributed by atoms with van der Waals surface area (Å²) in [6, 6.07) is 0.641. The quantitative estimate of drug-likeness (QED) is 0.582. The van der Waals surface area contributed by atoms with Crippen LogP contribution >= 0.6 is 11.8 Å². The van der Waals surface area contributed by atoms with Crippen LogP contribution in [0.1, 0.15) is 19.8 Å². The van der Waals surface area contributed by atoms with E-state index in [-0.39, 0.29) is 0 Å². The van der Waals surface area contributed by atoms with E-state index >= 15 is 0 Å². The molecule has 4 saturated heterocycles. The number of piperazine rings is 3. The smallest absolute Gasteiger partial charge is 0.191 e. The van der Waals surface area contributed by atoms with Crippen LogP contribution in [0, 0.1) is 0 Å². The molecule has 21 heavy (non-hydrogen) atoms. The monoisotopic (exact) mass is 311 g/mol. The molecule has 0 aromatic carbocycles. The van der Waals surface area contributed by atoms with E-state index in [0.717, 1.165) is 19.0 Å². The largest absolute Gasteiger partial charge is 0.355 e. The Morgan fingerprint density at radius 2 is 2.10 bits per heavy atom. The molecule has 0 amide bonds. The van der Waals surface area contributed by atoms with E-state index in [4.69, 9.17) is 0 Å². The zero-order valence-corrected chi connectivity index (χ0v) is 14.2. The number of aliphatic imine (C=N–C) groups is 1. The number of rotatable bonds is 4. The van der Waals surface area contributed by atoms with E-state index < -0.39 is 0 Å². The summed E-state index contributed by atoms with van der Waals surface area (Å²) in [5.41, 5.74) is 0. The minimum atomic E-state index is 0.386. The van der Waals surface area contributed by atoms with E-state index in [9.17, 15) is 0 Å². The molecule has 4 aliphatic heterocycles. The third kappa shape index (κ3) is 3.85. The molecule has 0 radical (unpaired) electrons. The molecular formula is C15H29N5S. The molecule has 5 nitrogen and oxygen atoms in total. The van der Waals surface area contributed by atoms with Crippen molar-refractivity contribution in [2.45, 2.75) is 30.6 Å². The molecule has 2 atom stereocenters. The molecule has 4 aliphatic rings. The van der Waals surface area contributed by atoms with Gasteiger partial charge in [0.2, 0.25) is 0 Å². The second kappa shape index (κ2) is 6.75. The van der Waals surface area contributed by atoms with E-state index in [1.165, 1.54) is 51.3 Å². The highest BCUT2D eigenvalue weighted by Gasteiger charge is 2.32. The normalized spacial score (nSPS) is 39.5. The lowest BCUT2D eigenvalue weighted by molar-refractivity contribution is 0.0154. The van der Waals surface area contributed by atoms with E-state index in [2.05, 4.69) is 44.1 Å². The van der Waals surface area contributed by atoms with Gasteiger partial charge in [-0.2, -0.15) is 11.8 Å². The maximum absolute atomic E-state index is 4.38. The van der Waals surface area contributed by atoms with Gasteiger partial charge in [0.25, 0.3) is 0 Å². The second-order valence-corrected chi connectivity index (χ2v) is 8.38. The minimum absolute atomic E-state index is 0.386. The Hall–Kier alpha value is -0.460. The summed E-state index contributed by atoms with van der Waals surface area (Å²) in [5.74, 6) is 2.26. The van der Waals surface area contributed by atoms with Crippen molar-refractivity contribution in [3.63, 3.8) is 0 Å². The second-order valence-electron chi connectivity index (χ2n) is 6.70. The van der Waals surface area contributed by atoms with Gasteiger partial charge < -0.3 is 10.6 Å². The van der Waals surface area contributed by atoms with Gasteiger partial charge in [-0.25, -0.2) is 0 Å². The molecule has 0 spiro atoms. The zero-order chi connectivity index (χ0) is 14.7. The molecule has 0 aromatic heterocycles. The molecular weight excluding hydrogens is 282 g/mol. The van der Waals surface area contributed by atoms with Crippen LogP contribution < -0.4 is 10.6 Å². The van der Waals surface area contributed by atoms with Crippen LogP contribution in [0.15, 0.2) is 4.99 Å². The lowest BCUT2D eigenvalue weighted by Crippen LogP contribution is -2.64. The van der Waals surface area contributed by atoms with Crippen molar-refractivity contribution in [1.29, 1.82) is 0 Å². The average Bonchev–Trinajstić information content (AvgIpc) is 2.96. The molecule has 4 rings (SSSR count). The molecule has 2 bridgehead atoms. The topological polar surface area (TPSA) is 42.9 Å². The molecule has 120 valence electrons. The van der Waals surface area contributed by atoms with Crippen LogP contribution in [0.25, 0.3) is 0 Å². The van der Waals surface area contributed by atoms with E-state index in [1.54, 1.807) is 0 Å². The fraction of sp³-hybridized carbons (Fsp3) is 0.933. The molecule has 0 aromatic rings. The predicted octanol–water partition coefficient (Wildman–Crippen LogP) is 0.437. The van der Waals surface area contributed by atoms with Crippen LogP contribution in [0.3, 0.4) is 0 Å². The number of hydrogen-bond acceptors (Lipinski definition) is 4. The number of nitrogens with zero attached hydrogens (tertiary/aromatic N) is 3. The fourth-order valence-electron chi connectivity index (χ4n) is 3.60. The Morgan fingerprint density at radius 1 is 1.29 bits per heavy atom. The summed E-state index contributed by atoms with van der Waals surface area (Å²) in [4.78, 5) is 9.58. The van der Waals surface area contributed by atoms with E-state index in [1.807, 2.05) is 7.05 Å². The lowest BCUT2D eigenvalue weighted by Gasteiger charge is -2.47. The highest BCUT2D eigenvalue weighted by Crippen LogP contribution is 2.36. The summed E-state index contributed by atoms with van der Waals surface area (Å²) in [5, 5.41) is 7.05. The zero-order valence-electron chi connectivity index (χ0n) is 13.4. The van der Waals surface area contributed by atoms with Gasteiger partial charge in [0.1, 0.15) is 0 Å². The number of guanidine groups is 1. The first-order valence-corrected chi connectivity index (χ1v) is 9.22. The van der Waals surface area contributed by atoms with Crippen LogP contribution in [0.5, 0.6) is 0 Å². The molecule has 4 heterocycles. The van der Waals surface area contributed by atoms with Crippen molar-refractivity contribution < 1.29 is 0 Å². The van der Waals surface area contributed by atoms with E-state index in [0.29, 0.717) is 10.8 Å². The van der Waals surface area contributed by atoms with Crippen LogP contribution in [-0.4, -0.2) is 85.2 Å². The van der Waals surface area contributed by atoms with Gasteiger partial charge in [-0.05, 0) is 25.5 Å². The van der Waals surface area contributed by atoms with Crippen molar-refractivity contribution in [1.82, 2.24) is 20.4 Å². The van der Waals surface area contributed by atoms with Gasteiger partial charge in [0.15, 0.2) is 5.96 Å². The highest BCUT2D eigenvalue weighted by atomic mass is 32.2. The van der Waals surface area contributed by atoms with Gasteiger partial charge in [-0.3, -0.25) is 14.8 Å². The average molecular weight is 311 g/mol. The number of fused-ring (bicyclic) bond motifs is 3. The first-order chi connectivity index (χ1) is 10.2. The molecule has 0 aliphatic carbocycles. The standard InChI is InChI=1S/C15H29N5S/c1-15(4-3-9-21-15)12-18-14(16-2)17-10-13-11-19-5-7-20(13)8-6-19/h13H,3-12H2,1-2H3,(H2,16,17,18). The Balaban J connectivity index is 1.42. The summed E-state index contributed by atoms with van der Waals surface area (Å²) in [6.45, 7) is 10.5. The number of thioether (sulfide) groups is 1. The molecule has 2 N–H and O–H groups in total. The van der Waals surface area contributed by atoms with Crippen molar-refractivity contribution >= 4 is 17.7 Å². The third-order valence-corrected chi connectivity index (χ3v) is 6.59. The van der Waals surface area contributed by atoms with Gasteiger partial charge >= 0.3 is 0 Å². The molecule has 6 heteroatoms. The van der Waals surface area contributed by atoms with Crippen molar-refractivity contribution in [3.05, 3.63) is 0 Å². The summed E-state index contributed by atoms with van der Waals surface area (Å²) in [7, 11) is 1.87. The van der Waals surface area contributed by atoms with Crippen LogP contribution in [0.2, 0.25) is 0 Å². The van der Waals surface area contributed by atoms with Gasteiger partial charge in [-0.15, -0.1) is 0 Å². The van der Waals surface area contributed by atoms with Crippen molar-refractivity contribution in [2.75, 3.05) is 58.6 Å². The van der Waals surface area contributed by atoms with Crippen LogP contribution in [0.4, 0.5) is 0 Å². The molecule has 2 unspecified atom stereocenters. The van der Waals surface area contributed by atoms with Crippen molar-refractivity contribution in [2.24, 2.45) is 4.99 Å². The third-order valence-electron chi connectivity index (χ3n) is 5.05. The SMILES string of the molecule is CN=C(NCC1CN2CCN1CC2)NCC1(C)CCCS1. The lowest BCUT2D eigenvalue weighted by atomic mass is 10.1. The van der Waals surface area contributed by atoms with Gasteiger partial charge in [-0.1, -0.05) is 0 Å². The predicted molar refractivity (Wildman–Crippen MR) is 91.3 cm³/mol. The Kier molecular flexibility index (Phi) is 4.96. The highest BCUT2D eigenvalue weighted by molar-refractivity contribution is 8.00. The van der Waals surface area contributed by atoms with Gasteiger partial charge in [0, 0.05) is 63.6 Å². The Labute approximate surface area is 132 Å². The summed E-state index contributed by atoms with van der Waals surface area (Å²) in [6.07, 6.45) is 2.66. The van der Waals surface area contributed by atoms with Crippen molar-refractivity contribution in [3.8, 4) is 0 Å². The number of nitrogens with one attached hydrogen (secondary N) is 2. The van der Waals surface area contributed by atoms with Gasteiger partial charge in [0.05, 0.1) is 0 Å². The maximum atomic E-state index is 4.38. The first-order valence-electron chi connectivity index (χ1n) is 8.23. The van der Waals surface area contributed by atoms with Crippen LogP contribution in [-0.2, 0) is 0 Å². The Morgan fingerprint density at radius 3 is 2.67 bits per heavy atom. The summed E-state index contributed by atoms with van der Waals surface area (Å²) >= 11 is 2.09. The minimum Gasteiger partial charge on any atom is -0.355 e. The number of hydrogen-bond donors (Lipinski definition) is 2. The first kappa shape index (κ1) is 15.4. The molecule has 4 fully saturated rings. The Bertz CT molecular complexity index is 372.